The van der Waals surface area contributed by atoms with Crippen molar-refractivity contribution in [3.63, 3.8) is 0 Å². The maximum absolute atomic E-state index is 12.7. The number of carbonyl (C=O) groups excluding carboxylic acids is 1. The molecule has 0 spiro atoms. The third kappa shape index (κ3) is 2.51. The molecule has 5 nitrogen and oxygen atoms in total. The second-order valence-corrected chi connectivity index (χ2v) is 7.39. The predicted octanol–water partition coefficient (Wildman–Crippen LogP) is 2.79. The number of nitrogens with zero attached hydrogens (tertiary/aromatic N) is 1. The van der Waals surface area contributed by atoms with E-state index in [4.69, 9.17) is 0 Å². The zero-order valence-electron chi connectivity index (χ0n) is 13.0. The highest BCUT2D eigenvalue weighted by Gasteiger charge is 2.33. The lowest BCUT2D eigenvalue weighted by Gasteiger charge is -2.20. The molecule has 1 saturated carbocycles. The van der Waals surface area contributed by atoms with Crippen LogP contribution in [0.5, 0.6) is 0 Å². The van der Waals surface area contributed by atoms with Crippen LogP contribution in [-0.2, 0) is 11.8 Å². The van der Waals surface area contributed by atoms with Crippen LogP contribution in [0.1, 0.15) is 19.3 Å². The molecule has 1 aromatic heterocycles. The van der Waals surface area contributed by atoms with Gasteiger partial charge in [-0.1, -0.05) is 0 Å². The van der Waals surface area contributed by atoms with Gasteiger partial charge < -0.3 is 15.2 Å². The highest BCUT2D eigenvalue weighted by molar-refractivity contribution is 7.99. The first-order valence-corrected chi connectivity index (χ1v) is 8.94. The summed E-state index contributed by atoms with van der Waals surface area (Å²) in [5.74, 6) is 1.70. The first kappa shape index (κ1) is 14.6. The second-order valence-electron chi connectivity index (χ2n) is 6.29. The van der Waals surface area contributed by atoms with Crippen molar-refractivity contribution in [1.82, 2.24) is 4.57 Å². The number of fused-ring (bicyclic) bond motifs is 3. The number of aromatic nitrogens is 1. The zero-order chi connectivity index (χ0) is 16.0. The van der Waals surface area contributed by atoms with E-state index in [1.165, 1.54) is 12.8 Å². The van der Waals surface area contributed by atoms with Crippen LogP contribution in [0.15, 0.2) is 27.9 Å². The van der Waals surface area contributed by atoms with Crippen molar-refractivity contribution in [2.75, 3.05) is 16.4 Å². The Hall–Kier alpha value is -1.95. The van der Waals surface area contributed by atoms with Gasteiger partial charge in [-0.05, 0) is 43.4 Å². The Morgan fingerprint density at radius 3 is 2.91 bits per heavy atom. The van der Waals surface area contributed by atoms with Gasteiger partial charge in [-0.25, -0.2) is 0 Å². The number of thioether (sulfide) groups is 1. The number of carbonyl (C=O) groups is 1. The summed E-state index contributed by atoms with van der Waals surface area (Å²) in [6, 6.07) is 6.11. The van der Waals surface area contributed by atoms with Crippen molar-refractivity contribution in [2.45, 2.75) is 30.2 Å². The quantitative estimate of drug-likeness (QED) is 0.850. The average Bonchev–Trinajstić information content (AvgIpc) is 3.38. The van der Waals surface area contributed by atoms with E-state index >= 15 is 0 Å². The highest BCUT2D eigenvalue weighted by Crippen LogP contribution is 2.42. The zero-order valence-corrected chi connectivity index (χ0v) is 13.8. The highest BCUT2D eigenvalue weighted by atomic mass is 32.2. The van der Waals surface area contributed by atoms with Gasteiger partial charge in [0, 0.05) is 29.9 Å². The Morgan fingerprint density at radius 2 is 2.17 bits per heavy atom. The standard InChI is InChI=1S/C17H19N3O2S/c1-20-14-5-4-11(18-9-21)8-12(14)15-16(17(20)22)23-7-6-13(19-15)10-2-3-10/h4-5,8-10,13,19H,2-3,6-7H2,1H3,(H,18,21)/t13-/m1/s1. The molecule has 0 unspecified atom stereocenters. The first-order valence-electron chi connectivity index (χ1n) is 7.95. The molecule has 4 rings (SSSR count). The molecule has 0 radical (unpaired) electrons. The number of hydrogen-bond acceptors (Lipinski definition) is 4. The molecular weight excluding hydrogens is 310 g/mol. The topological polar surface area (TPSA) is 63.1 Å². The van der Waals surface area contributed by atoms with Crippen LogP contribution >= 0.6 is 11.8 Å². The maximum atomic E-state index is 12.7. The van der Waals surface area contributed by atoms with Gasteiger partial charge >= 0.3 is 0 Å². The van der Waals surface area contributed by atoms with Gasteiger partial charge in [0.15, 0.2) is 0 Å². The van der Waals surface area contributed by atoms with Crippen LogP contribution < -0.4 is 16.2 Å². The summed E-state index contributed by atoms with van der Waals surface area (Å²) in [6.07, 6.45) is 4.31. The van der Waals surface area contributed by atoms with Crippen molar-refractivity contribution in [3.05, 3.63) is 28.6 Å². The van der Waals surface area contributed by atoms with Gasteiger partial charge in [-0.2, -0.15) is 0 Å². The third-order valence-corrected chi connectivity index (χ3v) is 5.88. The summed E-state index contributed by atoms with van der Waals surface area (Å²) in [4.78, 5) is 24.2. The smallest absolute Gasteiger partial charge is 0.266 e. The average molecular weight is 329 g/mol. The Morgan fingerprint density at radius 1 is 1.35 bits per heavy atom. The van der Waals surface area contributed by atoms with E-state index in [1.54, 1.807) is 16.3 Å². The van der Waals surface area contributed by atoms with Crippen LogP contribution in [0.2, 0.25) is 0 Å². The lowest BCUT2D eigenvalue weighted by Crippen LogP contribution is -2.24. The molecule has 1 aliphatic carbocycles. The van der Waals surface area contributed by atoms with E-state index in [0.29, 0.717) is 12.5 Å². The molecule has 1 aliphatic heterocycles. The molecule has 2 N–H and O–H groups in total. The minimum absolute atomic E-state index is 0.0533. The fraction of sp³-hybridized carbons (Fsp3) is 0.412. The SMILES string of the molecule is Cn1c(=O)c2c(c3cc(NC=O)ccc31)N[C@@H](C1CC1)CCS2. The van der Waals surface area contributed by atoms with E-state index in [0.717, 1.165) is 45.3 Å². The van der Waals surface area contributed by atoms with Crippen molar-refractivity contribution in [1.29, 1.82) is 0 Å². The normalized spacial score (nSPS) is 20.5. The predicted molar refractivity (Wildman–Crippen MR) is 94.4 cm³/mol. The van der Waals surface area contributed by atoms with E-state index in [1.807, 2.05) is 25.2 Å². The molecule has 2 aliphatic rings. The van der Waals surface area contributed by atoms with Crippen LogP contribution in [0.25, 0.3) is 10.9 Å². The van der Waals surface area contributed by atoms with Crippen molar-refractivity contribution >= 4 is 40.4 Å². The number of pyridine rings is 1. The minimum Gasteiger partial charge on any atom is -0.380 e. The Labute approximate surface area is 138 Å². The van der Waals surface area contributed by atoms with Gasteiger partial charge in [0.05, 0.1) is 16.1 Å². The fourth-order valence-corrected chi connectivity index (χ4v) is 4.50. The second kappa shape index (κ2) is 5.60. The van der Waals surface area contributed by atoms with Crippen LogP contribution in [0.4, 0.5) is 11.4 Å². The number of aryl methyl sites for hydroxylation is 1. The Kier molecular flexibility index (Phi) is 3.56. The lowest BCUT2D eigenvalue weighted by atomic mass is 10.1. The molecule has 1 amide bonds. The summed E-state index contributed by atoms with van der Waals surface area (Å²) >= 11 is 1.65. The van der Waals surface area contributed by atoms with Crippen LogP contribution in [0.3, 0.4) is 0 Å². The van der Waals surface area contributed by atoms with Crippen molar-refractivity contribution in [3.8, 4) is 0 Å². The van der Waals surface area contributed by atoms with Gasteiger partial charge in [0.25, 0.3) is 5.56 Å². The molecule has 120 valence electrons. The summed E-state index contributed by atoms with van der Waals surface area (Å²) in [6.45, 7) is 0. The molecule has 1 aromatic carbocycles. The monoisotopic (exact) mass is 329 g/mol. The number of hydrogen-bond donors (Lipinski definition) is 2. The molecule has 23 heavy (non-hydrogen) atoms. The molecule has 6 heteroatoms. The van der Waals surface area contributed by atoms with E-state index < -0.39 is 0 Å². The summed E-state index contributed by atoms with van der Waals surface area (Å²) in [5, 5.41) is 7.35. The molecular formula is C17H19N3O2S. The van der Waals surface area contributed by atoms with Gasteiger partial charge in [0.1, 0.15) is 0 Å². The maximum Gasteiger partial charge on any atom is 0.266 e. The van der Waals surface area contributed by atoms with Gasteiger partial charge in [0.2, 0.25) is 6.41 Å². The number of amides is 1. The van der Waals surface area contributed by atoms with E-state index in [9.17, 15) is 9.59 Å². The minimum atomic E-state index is 0.0533. The molecule has 2 heterocycles. The Bertz CT molecular complexity index is 842. The summed E-state index contributed by atoms with van der Waals surface area (Å²) < 4.78 is 1.70. The first-order chi connectivity index (χ1) is 11.2. The summed E-state index contributed by atoms with van der Waals surface area (Å²) in [7, 11) is 1.81. The Balaban J connectivity index is 1.94. The van der Waals surface area contributed by atoms with Gasteiger partial charge in [-0.3, -0.25) is 9.59 Å². The largest absolute Gasteiger partial charge is 0.380 e. The fourth-order valence-electron chi connectivity index (χ4n) is 3.35. The van der Waals surface area contributed by atoms with Crippen LogP contribution in [-0.4, -0.2) is 22.8 Å². The number of benzene rings is 1. The van der Waals surface area contributed by atoms with Crippen LogP contribution in [0, 0.1) is 5.92 Å². The van der Waals surface area contributed by atoms with E-state index in [-0.39, 0.29) is 5.56 Å². The van der Waals surface area contributed by atoms with Crippen molar-refractivity contribution < 1.29 is 4.79 Å². The van der Waals surface area contributed by atoms with E-state index in [2.05, 4.69) is 10.6 Å². The number of rotatable bonds is 3. The number of nitrogens with one attached hydrogen (secondary N) is 2. The van der Waals surface area contributed by atoms with Gasteiger partial charge in [-0.15, -0.1) is 11.8 Å². The molecule has 1 atom stereocenters. The molecule has 0 saturated heterocycles. The molecule has 0 bridgehead atoms. The van der Waals surface area contributed by atoms with Crippen molar-refractivity contribution in [2.24, 2.45) is 13.0 Å². The third-order valence-electron chi connectivity index (χ3n) is 4.77. The summed E-state index contributed by atoms with van der Waals surface area (Å²) in [5.41, 5.74) is 2.62. The lowest BCUT2D eigenvalue weighted by molar-refractivity contribution is -0.105. The number of anilines is 2. The molecule has 1 fully saturated rings. The molecule has 2 aromatic rings.